The number of likely N-dealkylation sites (tertiary alicyclic amines) is 1. The Balaban J connectivity index is 1.46. The Bertz CT molecular complexity index is 777. The van der Waals surface area contributed by atoms with Crippen LogP contribution in [0.25, 0.3) is 0 Å². The van der Waals surface area contributed by atoms with Crippen LogP contribution in [0.15, 0.2) is 54.6 Å². The van der Waals surface area contributed by atoms with Crippen LogP contribution < -0.4 is 15.4 Å². The van der Waals surface area contributed by atoms with Gasteiger partial charge in [-0.15, -0.1) is 0 Å². The molecule has 1 unspecified atom stereocenters. The number of benzene rings is 2. The predicted molar refractivity (Wildman–Crippen MR) is 109 cm³/mol. The fourth-order valence-electron chi connectivity index (χ4n) is 3.44. The fourth-order valence-corrected chi connectivity index (χ4v) is 3.44. The number of carbonyl (C=O) groups excluding carboxylic acids is 2. The van der Waals surface area contributed by atoms with Crippen LogP contribution in [-0.2, 0) is 16.0 Å². The first-order chi connectivity index (χ1) is 13.7. The third kappa shape index (κ3) is 5.57. The maximum Gasteiger partial charge on any atom is 0.241 e. The van der Waals surface area contributed by atoms with Crippen molar-refractivity contribution in [1.82, 2.24) is 10.2 Å². The maximum atomic E-state index is 12.6. The molecular formula is C22H27N3O3. The first kappa shape index (κ1) is 19.9. The van der Waals surface area contributed by atoms with Crippen molar-refractivity contribution >= 4 is 17.5 Å². The number of nitrogens with one attached hydrogen (secondary N) is 2. The Hall–Kier alpha value is -2.86. The number of carbonyl (C=O) groups is 2. The second-order valence-corrected chi connectivity index (χ2v) is 6.93. The molecule has 2 aromatic carbocycles. The van der Waals surface area contributed by atoms with Gasteiger partial charge in [0.25, 0.3) is 0 Å². The quantitative estimate of drug-likeness (QED) is 0.737. The van der Waals surface area contributed by atoms with Crippen LogP contribution in [0.2, 0.25) is 0 Å². The summed E-state index contributed by atoms with van der Waals surface area (Å²) >= 11 is 0. The molecule has 6 heteroatoms. The predicted octanol–water partition coefficient (Wildman–Crippen LogP) is 2.46. The normalized spacial score (nSPS) is 16.5. The molecule has 2 amide bonds. The van der Waals surface area contributed by atoms with Crippen molar-refractivity contribution in [2.45, 2.75) is 25.3 Å². The van der Waals surface area contributed by atoms with Gasteiger partial charge in [0.1, 0.15) is 5.75 Å². The van der Waals surface area contributed by atoms with Gasteiger partial charge in [0, 0.05) is 12.2 Å². The van der Waals surface area contributed by atoms with Crippen LogP contribution in [-0.4, -0.2) is 49.5 Å². The monoisotopic (exact) mass is 381 g/mol. The smallest absolute Gasteiger partial charge is 0.241 e. The Morgan fingerprint density at radius 3 is 2.57 bits per heavy atom. The number of nitrogens with zero attached hydrogens (tertiary/aromatic N) is 1. The van der Waals surface area contributed by atoms with Gasteiger partial charge in [-0.05, 0) is 55.6 Å². The van der Waals surface area contributed by atoms with E-state index < -0.39 is 0 Å². The molecule has 0 saturated carbocycles. The third-order valence-electron chi connectivity index (χ3n) is 4.95. The summed E-state index contributed by atoms with van der Waals surface area (Å²) in [6.07, 6.45) is 2.48. The van der Waals surface area contributed by atoms with Gasteiger partial charge in [0.15, 0.2) is 0 Å². The van der Waals surface area contributed by atoms with E-state index in [0.29, 0.717) is 6.54 Å². The Kier molecular flexibility index (Phi) is 7.03. The number of rotatable bonds is 8. The molecule has 148 valence electrons. The van der Waals surface area contributed by atoms with Crippen molar-refractivity contribution in [3.8, 4) is 5.75 Å². The van der Waals surface area contributed by atoms with Gasteiger partial charge >= 0.3 is 0 Å². The highest BCUT2D eigenvalue weighted by Crippen LogP contribution is 2.20. The van der Waals surface area contributed by atoms with Crippen molar-refractivity contribution in [2.75, 3.05) is 32.1 Å². The molecule has 0 aliphatic carbocycles. The lowest BCUT2D eigenvalue weighted by Gasteiger charge is -2.23. The van der Waals surface area contributed by atoms with E-state index in [2.05, 4.69) is 10.6 Å². The molecule has 1 saturated heterocycles. The van der Waals surface area contributed by atoms with Crippen LogP contribution in [0.4, 0.5) is 5.69 Å². The molecule has 2 N–H and O–H groups in total. The van der Waals surface area contributed by atoms with Gasteiger partial charge in [-0.25, -0.2) is 0 Å². The highest BCUT2D eigenvalue weighted by Gasteiger charge is 2.31. The summed E-state index contributed by atoms with van der Waals surface area (Å²) in [6, 6.07) is 17.0. The molecule has 1 aliphatic rings. The van der Waals surface area contributed by atoms with Crippen LogP contribution >= 0.6 is 0 Å². The minimum Gasteiger partial charge on any atom is -0.497 e. The minimum absolute atomic E-state index is 0.0416. The summed E-state index contributed by atoms with van der Waals surface area (Å²) in [4.78, 5) is 26.9. The van der Waals surface area contributed by atoms with Gasteiger partial charge in [-0.3, -0.25) is 14.5 Å². The lowest BCUT2D eigenvalue weighted by molar-refractivity contribution is -0.124. The van der Waals surface area contributed by atoms with Crippen molar-refractivity contribution in [1.29, 1.82) is 0 Å². The van der Waals surface area contributed by atoms with E-state index in [9.17, 15) is 9.59 Å². The van der Waals surface area contributed by atoms with E-state index in [1.165, 1.54) is 5.56 Å². The molecular weight excluding hydrogens is 354 g/mol. The molecule has 1 heterocycles. The molecule has 1 atom stereocenters. The Morgan fingerprint density at radius 1 is 1.11 bits per heavy atom. The minimum atomic E-state index is -0.276. The number of amides is 2. The van der Waals surface area contributed by atoms with E-state index in [1.54, 1.807) is 7.11 Å². The maximum absolute atomic E-state index is 12.6. The van der Waals surface area contributed by atoms with E-state index in [4.69, 9.17) is 4.74 Å². The zero-order valence-corrected chi connectivity index (χ0v) is 16.2. The lowest BCUT2D eigenvalue weighted by atomic mass is 10.1. The van der Waals surface area contributed by atoms with E-state index in [1.807, 2.05) is 59.5 Å². The van der Waals surface area contributed by atoms with E-state index in [-0.39, 0.29) is 24.4 Å². The summed E-state index contributed by atoms with van der Waals surface area (Å²) in [7, 11) is 1.61. The SMILES string of the molecule is COc1ccc(NC(=O)C2CCCN2CC(=O)NCCc2ccccc2)cc1. The molecule has 0 aromatic heterocycles. The molecule has 0 spiro atoms. The van der Waals surface area contributed by atoms with Crippen LogP contribution in [0.1, 0.15) is 18.4 Å². The van der Waals surface area contributed by atoms with Gasteiger partial charge in [-0.2, -0.15) is 0 Å². The third-order valence-corrected chi connectivity index (χ3v) is 4.95. The topological polar surface area (TPSA) is 70.7 Å². The first-order valence-corrected chi connectivity index (χ1v) is 9.65. The molecule has 0 bridgehead atoms. The number of hydrogen-bond acceptors (Lipinski definition) is 4. The highest BCUT2D eigenvalue weighted by atomic mass is 16.5. The van der Waals surface area contributed by atoms with E-state index in [0.717, 1.165) is 37.2 Å². The molecule has 28 heavy (non-hydrogen) atoms. The Labute approximate surface area is 165 Å². The van der Waals surface area contributed by atoms with Crippen molar-refractivity contribution in [3.63, 3.8) is 0 Å². The second-order valence-electron chi connectivity index (χ2n) is 6.93. The number of ether oxygens (including phenoxy) is 1. The molecule has 6 nitrogen and oxygen atoms in total. The number of hydrogen-bond donors (Lipinski definition) is 2. The van der Waals surface area contributed by atoms with Gasteiger partial charge in [-0.1, -0.05) is 30.3 Å². The summed E-state index contributed by atoms with van der Waals surface area (Å²) < 4.78 is 5.13. The summed E-state index contributed by atoms with van der Waals surface area (Å²) in [5.74, 6) is 0.632. The van der Waals surface area contributed by atoms with E-state index >= 15 is 0 Å². The van der Waals surface area contributed by atoms with Gasteiger partial charge in [0.05, 0.1) is 19.7 Å². The zero-order valence-electron chi connectivity index (χ0n) is 16.2. The zero-order chi connectivity index (χ0) is 19.8. The summed E-state index contributed by atoms with van der Waals surface area (Å²) in [5.41, 5.74) is 1.92. The van der Waals surface area contributed by atoms with Crippen LogP contribution in [0.3, 0.4) is 0 Å². The Morgan fingerprint density at radius 2 is 1.86 bits per heavy atom. The molecule has 3 rings (SSSR count). The van der Waals surface area contributed by atoms with Crippen molar-refractivity contribution in [3.05, 3.63) is 60.2 Å². The average Bonchev–Trinajstić information content (AvgIpc) is 3.17. The molecule has 0 radical (unpaired) electrons. The van der Waals surface area contributed by atoms with Gasteiger partial charge in [0.2, 0.25) is 11.8 Å². The second kappa shape index (κ2) is 9.90. The summed E-state index contributed by atoms with van der Waals surface area (Å²) in [5, 5.41) is 5.89. The molecule has 1 aliphatic heterocycles. The standard InChI is InChI=1S/C22H27N3O3/c1-28-19-11-9-18(10-12-19)24-22(27)20-8-5-15-25(20)16-21(26)23-14-13-17-6-3-2-4-7-17/h2-4,6-7,9-12,20H,5,8,13-16H2,1H3,(H,23,26)(H,24,27). The molecule has 2 aromatic rings. The largest absolute Gasteiger partial charge is 0.497 e. The van der Waals surface area contributed by atoms with Gasteiger partial charge < -0.3 is 15.4 Å². The fraction of sp³-hybridized carbons (Fsp3) is 0.364. The average molecular weight is 381 g/mol. The van der Waals surface area contributed by atoms with Crippen molar-refractivity contribution < 1.29 is 14.3 Å². The van der Waals surface area contributed by atoms with Crippen LogP contribution in [0, 0.1) is 0 Å². The summed E-state index contributed by atoms with van der Waals surface area (Å²) in [6.45, 7) is 1.60. The molecule has 1 fully saturated rings. The number of methoxy groups -OCH3 is 1. The van der Waals surface area contributed by atoms with Crippen molar-refractivity contribution in [2.24, 2.45) is 0 Å². The number of anilines is 1. The van der Waals surface area contributed by atoms with Crippen LogP contribution in [0.5, 0.6) is 5.75 Å². The first-order valence-electron chi connectivity index (χ1n) is 9.65. The lowest BCUT2D eigenvalue weighted by Crippen LogP contribution is -2.45. The highest BCUT2D eigenvalue weighted by molar-refractivity contribution is 5.95.